The van der Waals surface area contributed by atoms with Crippen molar-refractivity contribution in [2.45, 2.75) is 35.8 Å². The first-order valence-corrected chi connectivity index (χ1v) is 7.83. The molecule has 1 aliphatic heterocycles. The van der Waals surface area contributed by atoms with E-state index < -0.39 is 0 Å². The number of thioether (sulfide) groups is 1. The molecule has 1 aromatic carbocycles. The molecule has 0 aromatic heterocycles. The molecule has 0 saturated heterocycles. The standard InChI is InChI=1S/C14H20ClNS/c15-8-4-1-5-9-16-11-13-10-12-6-2-3-7-14(12)17-13/h2-3,6-7,13,16H,1,4-5,8-11H2. The molecule has 1 unspecified atom stereocenters. The van der Waals surface area contributed by atoms with Gasteiger partial charge in [0.25, 0.3) is 0 Å². The number of hydrogen-bond donors (Lipinski definition) is 1. The molecule has 3 heteroatoms. The van der Waals surface area contributed by atoms with Crippen LogP contribution in [0.15, 0.2) is 29.2 Å². The molecule has 1 atom stereocenters. The van der Waals surface area contributed by atoms with Crippen LogP contribution in [-0.4, -0.2) is 24.2 Å². The molecule has 1 aliphatic rings. The number of rotatable bonds is 7. The number of alkyl halides is 1. The van der Waals surface area contributed by atoms with E-state index in [1.54, 1.807) is 0 Å². The van der Waals surface area contributed by atoms with Gasteiger partial charge in [-0.25, -0.2) is 0 Å². The fraction of sp³-hybridized carbons (Fsp3) is 0.571. The Hall–Kier alpha value is -0.180. The minimum atomic E-state index is 0.723. The number of fused-ring (bicyclic) bond motifs is 1. The summed E-state index contributed by atoms with van der Waals surface area (Å²) in [6.45, 7) is 2.25. The predicted molar refractivity (Wildman–Crippen MR) is 77.2 cm³/mol. The second-order valence-corrected chi connectivity index (χ2v) is 6.23. The normalized spacial score (nSPS) is 18.3. The molecule has 0 radical (unpaired) electrons. The van der Waals surface area contributed by atoms with E-state index in [1.807, 2.05) is 11.8 Å². The van der Waals surface area contributed by atoms with Gasteiger partial charge in [0.15, 0.2) is 0 Å². The van der Waals surface area contributed by atoms with E-state index in [0.29, 0.717) is 0 Å². The smallest absolute Gasteiger partial charge is 0.0260 e. The highest BCUT2D eigenvalue weighted by Crippen LogP contribution is 2.36. The van der Waals surface area contributed by atoms with Crippen LogP contribution in [0.4, 0.5) is 0 Å². The fourth-order valence-corrected chi connectivity index (χ4v) is 3.62. The van der Waals surface area contributed by atoms with Gasteiger partial charge in [0.2, 0.25) is 0 Å². The Morgan fingerprint density at radius 1 is 1.24 bits per heavy atom. The number of nitrogens with one attached hydrogen (secondary N) is 1. The van der Waals surface area contributed by atoms with Crippen molar-refractivity contribution in [3.63, 3.8) is 0 Å². The first-order valence-electron chi connectivity index (χ1n) is 6.41. The fourth-order valence-electron chi connectivity index (χ4n) is 2.15. The monoisotopic (exact) mass is 269 g/mol. The third kappa shape index (κ3) is 4.20. The number of benzene rings is 1. The average molecular weight is 270 g/mol. The molecule has 0 spiro atoms. The summed E-state index contributed by atoms with van der Waals surface area (Å²) in [7, 11) is 0. The molecule has 0 amide bonds. The lowest BCUT2D eigenvalue weighted by Gasteiger charge is -2.09. The van der Waals surface area contributed by atoms with E-state index in [4.69, 9.17) is 11.6 Å². The van der Waals surface area contributed by atoms with Gasteiger partial charge in [0, 0.05) is 22.6 Å². The van der Waals surface area contributed by atoms with Crippen LogP contribution in [0, 0.1) is 0 Å². The van der Waals surface area contributed by atoms with Crippen LogP contribution in [0.1, 0.15) is 24.8 Å². The van der Waals surface area contributed by atoms with Gasteiger partial charge in [-0.2, -0.15) is 0 Å². The van der Waals surface area contributed by atoms with Gasteiger partial charge in [-0.15, -0.1) is 23.4 Å². The lowest BCUT2D eigenvalue weighted by molar-refractivity contribution is 0.608. The van der Waals surface area contributed by atoms with Crippen molar-refractivity contribution in [3.05, 3.63) is 29.8 Å². The summed E-state index contributed by atoms with van der Waals surface area (Å²) in [5.41, 5.74) is 1.52. The van der Waals surface area contributed by atoms with Crippen molar-refractivity contribution >= 4 is 23.4 Å². The van der Waals surface area contributed by atoms with E-state index in [1.165, 1.54) is 29.7 Å². The Morgan fingerprint density at radius 2 is 2.12 bits per heavy atom. The second kappa shape index (κ2) is 7.30. The summed E-state index contributed by atoms with van der Waals surface area (Å²) in [4.78, 5) is 1.47. The highest BCUT2D eigenvalue weighted by atomic mass is 35.5. The third-order valence-electron chi connectivity index (χ3n) is 3.07. The first-order chi connectivity index (χ1) is 8.40. The first kappa shape index (κ1) is 13.3. The molecular formula is C14H20ClNS. The molecule has 2 rings (SSSR count). The van der Waals surface area contributed by atoms with Crippen molar-refractivity contribution in [2.75, 3.05) is 19.0 Å². The molecule has 1 N–H and O–H groups in total. The number of unbranched alkanes of at least 4 members (excludes halogenated alkanes) is 2. The Kier molecular flexibility index (Phi) is 5.69. The van der Waals surface area contributed by atoms with Gasteiger partial charge in [0.05, 0.1) is 0 Å². The molecule has 1 aromatic rings. The van der Waals surface area contributed by atoms with Crippen LogP contribution in [-0.2, 0) is 6.42 Å². The largest absolute Gasteiger partial charge is 0.316 e. The summed E-state index contributed by atoms with van der Waals surface area (Å²) in [5, 5.41) is 4.28. The summed E-state index contributed by atoms with van der Waals surface area (Å²) >= 11 is 7.67. The Bertz CT molecular complexity index is 318. The molecule has 0 saturated carbocycles. The van der Waals surface area contributed by atoms with Crippen molar-refractivity contribution in [1.82, 2.24) is 5.32 Å². The molecule has 0 fully saturated rings. The molecule has 1 heterocycles. The number of hydrogen-bond acceptors (Lipinski definition) is 2. The Morgan fingerprint density at radius 3 is 2.94 bits per heavy atom. The van der Waals surface area contributed by atoms with Gasteiger partial charge < -0.3 is 5.32 Å². The molecule has 17 heavy (non-hydrogen) atoms. The SMILES string of the molecule is ClCCCCCNCC1Cc2ccccc2S1. The molecule has 0 bridgehead atoms. The third-order valence-corrected chi connectivity index (χ3v) is 4.66. The van der Waals surface area contributed by atoms with E-state index in [2.05, 4.69) is 29.6 Å². The zero-order valence-electron chi connectivity index (χ0n) is 10.1. The maximum absolute atomic E-state index is 5.65. The Labute approximate surface area is 113 Å². The van der Waals surface area contributed by atoms with Crippen LogP contribution in [0.5, 0.6) is 0 Å². The number of halogens is 1. The minimum absolute atomic E-state index is 0.723. The van der Waals surface area contributed by atoms with Crippen molar-refractivity contribution < 1.29 is 0 Å². The predicted octanol–water partition coefficient (Wildman–Crippen LogP) is 3.70. The molecule has 0 aliphatic carbocycles. The van der Waals surface area contributed by atoms with Gasteiger partial charge in [-0.3, -0.25) is 0 Å². The van der Waals surface area contributed by atoms with Gasteiger partial charge in [0.1, 0.15) is 0 Å². The molecule has 94 valence electrons. The van der Waals surface area contributed by atoms with Crippen LogP contribution in [0.2, 0.25) is 0 Å². The zero-order chi connectivity index (χ0) is 11.9. The van der Waals surface area contributed by atoms with E-state index in [-0.39, 0.29) is 0 Å². The summed E-state index contributed by atoms with van der Waals surface area (Å²) in [6, 6.07) is 8.76. The van der Waals surface area contributed by atoms with Crippen LogP contribution in [0.25, 0.3) is 0 Å². The Balaban J connectivity index is 1.60. The van der Waals surface area contributed by atoms with Gasteiger partial charge in [-0.1, -0.05) is 24.6 Å². The van der Waals surface area contributed by atoms with Gasteiger partial charge >= 0.3 is 0 Å². The topological polar surface area (TPSA) is 12.0 Å². The quantitative estimate of drug-likeness (QED) is 0.598. The van der Waals surface area contributed by atoms with Gasteiger partial charge in [-0.05, 0) is 37.4 Å². The maximum atomic E-state index is 5.65. The lowest BCUT2D eigenvalue weighted by atomic mass is 10.1. The van der Waals surface area contributed by atoms with Crippen LogP contribution >= 0.6 is 23.4 Å². The van der Waals surface area contributed by atoms with E-state index in [0.717, 1.165) is 30.6 Å². The van der Waals surface area contributed by atoms with Crippen LogP contribution in [0.3, 0.4) is 0 Å². The van der Waals surface area contributed by atoms with Crippen LogP contribution < -0.4 is 5.32 Å². The highest BCUT2D eigenvalue weighted by molar-refractivity contribution is 8.00. The molecule has 1 nitrogen and oxygen atoms in total. The van der Waals surface area contributed by atoms with Crippen molar-refractivity contribution in [2.24, 2.45) is 0 Å². The van der Waals surface area contributed by atoms with E-state index in [9.17, 15) is 0 Å². The lowest BCUT2D eigenvalue weighted by Crippen LogP contribution is -2.25. The maximum Gasteiger partial charge on any atom is 0.0260 e. The van der Waals surface area contributed by atoms with Crippen molar-refractivity contribution in [1.29, 1.82) is 0 Å². The zero-order valence-corrected chi connectivity index (χ0v) is 11.7. The second-order valence-electron chi connectivity index (χ2n) is 4.51. The summed E-state index contributed by atoms with van der Waals surface area (Å²) < 4.78 is 0. The summed E-state index contributed by atoms with van der Waals surface area (Å²) in [5.74, 6) is 0.799. The molecular weight excluding hydrogens is 250 g/mol. The summed E-state index contributed by atoms with van der Waals surface area (Å²) in [6.07, 6.45) is 4.86. The minimum Gasteiger partial charge on any atom is -0.316 e. The van der Waals surface area contributed by atoms with Crippen molar-refractivity contribution in [3.8, 4) is 0 Å². The van der Waals surface area contributed by atoms with E-state index >= 15 is 0 Å². The average Bonchev–Trinajstić information content (AvgIpc) is 2.76. The highest BCUT2D eigenvalue weighted by Gasteiger charge is 2.20.